The van der Waals surface area contributed by atoms with Gasteiger partial charge in [-0.25, -0.2) is 4.79 Å². The molecule has 0 radical (unpaired) electrons. The van der Waals surface area contributed by atoms with Crippen LogP contribution in [-0.2, 0) is 39.1 Å². The third kappa shape index (κ3) is 21.1. The molecule has 0 amide bonds. The van der Waals surface area contributed by atoms with Crippen LogP contribution in [0.2, 0.25) is 0 Å². The monoisotopic (exact) mass is 299 g/mol. The highest BCUT2D eigenvalue weighted by molar-refractivity contribution is 7.83. The highest BCUT2D eigenvalue weighted by Gasteiger charge is 2.13. The third-order valence-electron chi connectivity index (χ3n) is 0.650. The maximum Gasteiger partial charge on any atom is 0.425 e. The Balaban J connectivity index is 0. The molecular weight excluding hydrogens is 290 g/mol. The topological polar surface area (TPSA) is 200 Å². The van der Waals surface area contributed by atoms with E-state index in [9.17, 15) is 21.6 Å². The summed E-state index contributed by atoms with van der Waals surface area (Å²) in [4.78, 5) is 13.1. The van der Waals surface area contributed by atoms with Crippen LogP contribution in [0.5, 0.6) is 0 Å². The standard InChI is InChI=1S/C3H7NO3.H2O8S2/c4-2-1-3(5)7-6;1-9(2,3)7-8-10(4,5)6/h6H,1-2,4H2;(H,1,2,3)(H,4,5,6). The fraction of sp³-hybridized carbons (Fsp3) is 0.667. The van der Waals surface area contributed by atoms with Gasteiger partial charge in [0, 0.05) is 6.54 Å². The summed E-state index contributed by atoms with van der Waals surface area (Å²) in [6.45, 7) is 0.208. The lowest BCUT2D eigenvalue weighted by Gasteiger charge is -1.92. The van der Waals surface area contributed by atoms with Gasteiger partial charge in [0.2, 0.25) is 0 Å². The van der Waals surface area contributed by atoms with Gasteiger partial charge >= 0.3 is 26.8 Å². The molecule has 0 unspecified atom stereocenters. The second kappa shape index (κ2) is 8.25. The smallest absolute Gasteiger partial charge is 0.330 e. The third-order valence-corrected chi connectivity index (χ3v) is 1.22. The second-order valence-electron chi connectivity index (χ2n) is 1.99. The lowest BCUT2D eigenvalue weighted by molar-refractivity contribution is -0.234. The van der Waals surface area contributed by atoms with E-state index >= 15 is 0 Å². The molecule has 0 rings (SSSR count). The Morgan fingerprint density at radius 3 is 1.53 bits per heavy atom. The molecule has 0 aliphatic heterocycles. The molecule has 0 bridgehead atoms. The Morgan fingerprint density at radius 1 is 1.06 bits per heavy atom. The van der Waals surface area contributed by atoms with Crippen molar-refractivity contribution in [1.29, 1.82) is 0 Å². The first-order valence-electron chi connectivity index (χ1n) is 3.38. The van der Waals surface area contributed by atoms with Crippen molar-refractivity contribution in [3.8, 4) is 0 Å². The average molecular weight is 299 g/mol. The van der Waals surface area contributed by atoms with Gasteiger partial charge in [-0.1, -0.05) is 8.67 Å². The lowest BCUT2D eigenvalue weighted by atomic mass is 10.5. The zero-order valence-electron chi connectivity index (χ0n) is 7.92. The van der Waals surface area contributed by atoms with Crippen molar-refractivity contribution in [1.82, 2.24) is 0 Å². The summed E-state index contributed by atoms with van der Waals surface area (Å²) in [6, 6.07) is 0. The van der Waals surface area contributed by atoms with Gasteiger partial charge in [-0.15, -0.1) is 0 Å². The van der Waals surface area contributed by atoms with Crippen LogP contribution >= 0.6 is 0 Å². The molecule has 0 fully saturated rings. The van der Waals surface area contributed by atoms with Gasteiger partial charge in [0.1, 0.15) is 0 Å². The summed E-state index contributed by atoms with van der Waals surface area (Å²) in [5, 5.41) is 7.56. The molecule has 104 valence electrons. The molecule has 5 N–H and O–H groups in total. The Morgan fingerprint density at radius 2 is 1.41 bits per heavy atom. The predicted molar refractivity (Wildman–Crippen MR) is 47.7 cm³/mol. The molecule has 0 aromatic carbocycles. The Labute approximate surface area is 95.6 Å². The Hall–Kier alpha value is -0.870. The molecule has 14 heteroatoms. The van der Waals surface area contributed by atoms with E-state index in [1.54, 1.807) is 0 Å². The van der Waals surface area contributed by atoms with Gasteiger partial charge in [0.05, 0.1) is 6.42 Å². The van der Waals surface area contributed by atoms with Crippen LogP contribution < -0.4 is 5.73 Å². The molecular formula is C3H9NO11S2. The first-order valence-corrected chi connectivity index (χ1v) is 6.11. The molecule has 0 aromatic rings. The van der Waals surface area contributed by atoms with E-state index in [0.29, 0.717) is 0 Å². The van der Waals surface area contributed by atoms with Crippen molar-refractivity contribution in [3.05, 3.63) is 0 Å². The normalized spacial score (nSPS) is 11.3. The fourth-order valence-corrected chi connectivity index (χ4v) is 0.795. The van der Waals surface area contributed by atoms with E-state index in [4.69, 9.17) is 20.1 Å². The van der Waals surface area contributed by atoms with E-state index in [1.165, 1.54) is 0 Å². The van der Waals surface area contributed by atoms with Crippen molar-refractivity contribution < 1.29 is 49.5 Å². The number of rotatable bonds is 5. The summed E-state index contributed by atoms with van der Waals surface area (Å²) >= 11 is 0. The summed E-state index contributed by atoms with van der Waals surface area (Å²) < 4.78 is 58.9. The van der Waals surface area contributed by atoms with Crippen molar-refractivity contribution in [2.24, 2.45) is 5.73 Å². The molecule has 0 heterocycles. The molecule has 0 saturated carbocycles. The summed E-state index contributed by atoms with van der Waals surface area (Å²) in [5.74, 6) is -0.692. The second-order valence-corrected chi connectivity index (χ2v) is 3.98. The van der Waals surface area contributed by atoms with Gasteiger partial charge in [-0.05, 0) is 0 Å². The molecule has 0 aliphatic carbocycles. The maximum absolute atomic E-state index is 9.86. The SMILES string of the molecule is NCCC(=O)OO.O=S(=O)(O)OOS(=O)(=O)O. The van der Waals surface area contributed by atoms with Gasteiger partial charge in [0.15, 0.2) is 0 Å². The van der Waals surface area contributed by atoms with Crippen molar-refractivity contribution >= 4 is 26.8 Å². The Kier molecular flexibility index (Phi) is 8.98. The number of carbonyl (C=O) groups excluding carboxylic acids is 1. The highest BCUT2D eigenvalue weighted by Crippen LogP contribution is 1.92. The van der Waals surface area contributed by atoms with Crippen LogP contribution in [0, 0.1) is 0 Å². The summed E-state index contributed by atoms with van der Waals surface area (Å²) in [7, 11) is -10.0. The number of hydrogen-bond donors (Lipinski definition) is 4. The molecule has 0 spiro atoms. The minimum atomic E-state index is -5.02. The minimum Gasteiger partial charge on any atom is -0.330 e. The van der Waals surface area contributed by atoms with Crippen LogP contribution in [0.3, 0.4) is 0 Å². The molecule has 0 saturated heterocycles. The van der Waals surface area contributed by atoms with Crippen LogP contribution in [-0.4, -0.2) is 43.7 Å². The zero-order chi connectivity index (χ0) is 14.1. The van der Waals surface area contributed by atoms with Gasteiger partial charge in [-0.3, -0.25) is 9.11 Å². The van der Waals surface area contributed by atoms with Gasteiger partial charge in [0.25, 0.3) is 0 Å². The summed E-state index contributed by atoms with van der Waals surface area (Å²) in [5.41, 5.74) is 4.89. The first-order chi connectivity index (χ1) is 7.52. The lowest BCUT2D eigenvalue weighted by Crippen LogP contribution is -2.10. The molecule has 0 atom stereocenters. The average Bonchev–Trinajstić information content (AvgIpc) is 2.14. The summed E-state index contributed by atoms with van der Waals surface area (Å²) in [6.07, 6.45) is 0.0660. The van der Waals surface area contributed by atoms with Crippen molar-refractivity contribution in [2.75, 3.05) is 6.54 Å². The number of nitrogens with two attached hydrogens (primary N) is 1. The van der Waals surface area contributed by atoms with E-state index in [0.717, 1.165) is 0 Å². The minimum absolute atomic E-state index is 0.0660. The first kappa shape index (κ1) is 18.5. The zero-order valence-corrected chi connectivity index (χ0v) is 9.55. The number of carbonyl (C=O) groups is 1. The quantitative estimate of drug-likeness (QED) is 0.245. The largest absolute Gasteiger partial charge is 0.425 e. The predicted octanol–water partition coefficient (Wildman–Crippen LogP) is -2.11. The molecule has 12 nitrogen and oxygen atoms in total. The Bertz CT molecular complexity index is 376. The maximum atomic E-state index is 9.86. The highest BCUT2D eigenvalue weighted by atomic mass is 32.3. The molecule has 17 heavy (non-hydrogen) atoms. The van der Waals surface area contributed by atoms with Crippen LogP contribution in [0.1, 0.15) is 6.42 Å². The van der Waals surface area contributed by atoms with Gasteiger partial charge in [-0.2, -0.15) is 22.1 Å². The van der Waals surface area contributed by atoms with Crippen LogP contribution in [0.25, 0.3) is 0 Å². The molecule has 0 aliphatic rings. The van der Waals surface area contributed by atoms with Crippen molar-refractivity contribution in [3.63, 3.8) is 0 Å². The van der Waals surface area contributed by atoms with Gasteiger partial charge < -0.3 is 10.6 Å². The van der Waals surface area contributed by atoms with E-state index in [1.807, 2.05) is 0 Å². The fourth-order valence-electron chi connectivity index (χ4n) is 0.234. The van der Waals surface area contributed by atoms with E-state index < -0.39 is 26.8 Å². The van der Waals surface area contributed by atoms with Crippen LogP contribution in [0.15, 0.2) is 0 Å². The number of hydrogen-bond acceptors (Lipinski definition) is 10. The van der Waals surface area contributed by atoms with Crippen LogP contribution in [0.4, 0.5) is 0 Å². The van der Waals surface area contributed by atoms with E-state index in [-0.39, 0.29) is 13.0 Å². The van der Waals surface area contributed by atoms with E-state index in [2.05, 4.69) is 13.6 Å². The van der Waals surface area contributed by atoms with Crippen molar-refractivity contribution in [2.45, 2.75) is 6.42 Å². The molecule has 0 aromatic heterocycles.